The molecule has 0 radical (unpaired) electrons. The van der Waals surface area contributed by atoms with E-state index in [1.54, 1.807) is 0 Å². The number of hydrogen-bond acceptors (Lipinski definition) is 3. The lowest BCUT2D eigenvalue weighted by Crippen LogP contribution is -2.27. The molecule has 0 fully saturated rings. The summed E-state index contributed by atoms with van der Waals surface area (Å²) in [6.07, 6.45) is 0. The van der Waals surface area contributed by atoms with Crippen LogP contribution in [0.2, 0.25) is 0 Å². The van der Waals surface area contributed by atoms with E-state index in [9.17, 15) is 0 Å². The molecule has 0 bridgehead atoms. The molecular weight excluding hydrogens is 218 g/mol. The SMILES string of the molecule is Cc1ccc(C(N)=S)c(N(C)CC(C)C)n1. The number of anilines is 1. The summed E-state index contributed by atoms with van der Waals surface area (Å²) in [6.45, 7) is 7.25. The predicted molar refractivity (Wildman–Crippen MR) is 73.0 cm³/mol. The first-order valence-electron chi connectivity index (χ1n) is 5.40. The molecule has 1 rings (SSSR count). The van der Waals surface area contributed by atoms with Crippen LogP contribution in [0.4, 0.5) is 5.82 Å². The molecule has 0 unspecified atom stereocenters. The Bertz CT molecular complexity index is 388. The topological polar surface area (TPSA) is 42.1 Å². The van der Waals surface area contributed by atoms with Crippen molar-refractivity contribution in [2.75, 3.05) is 18.5 Å². The average Bonchev–Trinajstić information content (AvgIpc) is 2.15. The van der Waals surface area contributed by atoms with Gasteiger partial charge in [-0.15, -0.1) is 0 Å². The fourth-order valence-corrected chi connectivity index (χ4v) is 1.82. The summed E-state index contributed by atoms with van der Waals surface area (Å²) in [7, 11) is 2.02. The number of hydrogen-bond donors (Lipinski definition) is 1. The van der Waals surface area contributed by atoms with Crippen LogP contribution < -0.4 is 10.6 Å². The van der Waals surface area contributed by atoms with Gasteiger partial charge in [0.05, 0.1) is 5.56 Å². The van der Waals surface area contributed by atoms with Crippen molar-refractivity contribution in [1.82, 2.24) is 4.98 Å². The van der Waals surface area contributed by atoms with Gasteiger partial charge in [-0.3, -0.25) is 0 Å². The van der Waals surface area contributed by atoms with Gasteiger partial charge in [0.2, 0.25) is 0 Å². The first kappa shape index (κ1) is 12.9. The number of thiocarbonyl (C=S) groups is 1. The van der Waals surface area contributed by atoms with E-state index in [2.05, 4.69) is 23.7 Å². The summed E-state index contributed by atoms with van der Waals surface area (Å²) < 4.78 is 0. The molecule has 0 spiro atoms. The van der Waals surface area contributed by atoms with Gasteiger partial charge in [-0.25, -0.2) is 4.98 Å². The highest BCUT2D eigenvalue weighted by atomic mass is 32.1. The molecule has 0 amide bonds. The second kappa shape index (κ2) is 5.25. The minimum absolute atomic E-state index is 0.401. The van der Waals surface area contributed by atoms with E-state index in [1.165, 1.54) is 0 Å². The fourth-order valence-electron chi connectivity index (χ4n) is 1.66. The van der Waals surface area contributed by atoms with Crippen molar-refractivity contribution in [3.63, 3.8) is 0 Å². The molecule has 3 nitrogen and oxygen atoms in total. The number of aromatic nitrogens is 1. The molecule has 0 atom stereocenters. The summed E-state index contributed by atoms with van der Waals surface area (Å²) in [5.41, 5.74) is 7.53. The Hall–Kier alpha value is -1.16. The molecule has 4 heteroatoms. The van der Waals surface area contributed by atoms with Gasteiger partial charge in [0.25, 0.3) is 0 Å². The van der Waals surface area contributed by atoms with E-state index in [0.29, 0.717) is 10.9 Å². The first-order chi connectivity index (χ1) is 7.41. The Balaban J connectivity index is 3.09. The van der Waals surface area contributed by atoms with Crippen LogP contribution >= 0.6 is 12.2 Å². The van der Waals surface area contributed by atoms with Crippen LogP contribution in [0.15, 0.2) is 12.1 Å². The van der Waals surface area contributed by atoms with Crippen molar-refractivity contribution in [2.24, 2.45) is 11.7 Å². The Kier molecular flexibility index (Phi) is 4.24. The van der Waals surface area contributed by atoms with Crippen molar-refractivity contribution < 1.29 is 0 Å². The molecule has 0 aliphatic carbocycles. The zero-order valence-corrected chi connectivity index (χ0v) is 11.1. The number of aryl methyl sites for hydroxylation is 1. The molecule has 0 aromatic carbocycles. The highest BCUT2D eigenvalue weighted by molar-refractivity contribution is 7.80. The van der Waals surface area contributed by atoms with Gasteiger partial charge in [0.15, 0.2) is 0 Å². The number of nitrogens with two attached hydrogens (primary N) is 1. The van der Waals surface area contributed by atoms with Crippen LogP contribution in [0, 0.1) is 12.8 Å². The molecule has 0 saturated carbocycles. The maximum atomic E-state index is 5.70. The van der Waals surface area contributed by atoms with Crippen molar-refractivity contribution >= 4 is 23.0 Å². The van der Waals surface area contributed by atoms with Gasteiger partial charge < -0.3 is 10.6 Å². The van der Waals surface area contributed by atoms with E-state index in [1.807, 2.05) is 26.1 Å². The van der Waals surface area contributed by atoms with Crippen LogP contribution in [0.1, 0.15) is 25.1 Å². The molecule has 88 valence electrons. The third-order valence-corrected chi connectivity index (χ3v) is 2.50. The Labute approximate surface area is 103 Å². The summed E-state index contributed by atoms with van der Waals surface area (Å²) in [4.78, 5) is 7.01. The second-order valence-electron chi connectivity index (χ2n) is 4.46. The van der Waals surface area contributed by atoms with E-state index in [-0.39, 0.29) is 0 Å². The molecule has 1 aromatic rings. The van der Waals surface area contributed by atoms with E-state index in [0.717, 1.165) is 23.6 Å². The molecular formula is C12H19N3S. The van der Waals surface area contributed by atoms with E-state index < -0.39 is 0 Å². The van der Waals surface area contributed by atoms with Gasteiger partial charge in [0.1, 0.15) is 10.8 Å². The first-order valence-corrected chi connectivity index (χ1v) is 5.81. The van der Waals surface area contributed by atoms with Crippen LogP contribution in [-0.2, 0) is 0 Å². The monoisotopic (exact) mass is 237 g/mol. The Morgan fingerprint density at radius 3 is 2.62 bits per heavy atom. The van der Waals surface area contributed by atoms with E-state index in [4.69, 9.17) is 18.0 Å². The van der Waals surface area contributed by atoms with Gasteiger partial charge in [-0.2, -0.15) is 0 Å². The van der Waals surface area contributed by atoms with Crippen molar-refractivity contribution in [1.29, 1.82) is 0 Å². The molecule has 0 aliphatic heterocycles. The molecule has 0 saturated heterocycles. The molecule has 1 heterocycles. The van der Waals surface area contributed by atoms with E-state index >= 15 is 0 Å². The maximum Gasteiger partial charge on any atom is 0.138 e. The highest BCUT2D eigenvalue weighted by Crippen LogP contribution is 2.18. The van der Waals surface area contributed by atoms with Crippen LogP contribution in [-0.4, -0.2) is 23.6 Å². The molecule has 0 aliphatic rings. The lowest BCUT2D eigenvalue weighted by molar-refractivity contribution is 0.634. The van der Waals surface area contributed by atoms with Crippen LogP contribution in [0.3, 0.4) is 0 Å². The maximum absolute atomic E-state index is 5.70. The largest absolute Gasteiger partial charge is 0.389 e. The van der Waals surface area contributed by atoms with Gasteiger partial charge >= 0.3 is 0 Å². The average molecular weight is 237 g/mol. The smallest absolute Gasteiger partial charge is 0.138 e. The summed E-state index contributed by atoms with van der Waals surface area (Å²) in [5.74, 6) is 1.45. The lowest BCUT2D eigenvalue weighted by Gasteiger charge is -2.23. The van der Waals surface area contributed by atoms with Crippen LogP contribution in [0.25, 0.3) is 0 Å². The number of rotatable bonds is 4. The normalized spacial score (nSPS) is 10.6. The van der Waals surface area contributed by atoms with Crippen LogP contribution in [0.5, 0.6) is 0 Å². The summed E-state index contributed by atoms with van der Waals surface area (Å²) in [5, 5.41) is 0. The zero-order valence-electron chi connectivity index (χ0n) is 10.3. The van der Waals surface area contributed by atoms with Gasteiger partial charge in [-0.05, 0) is 25.0 Å². The third-order valence-electron chi connectivity index (χ3n) is 2.28. The zero-order chi connectivity index (χ0) is 12.3. The highest BCUT2D eigenvalue weighted by Gasteiger charge is 2.12. The predicted octanol–water partition coefficient (Wildman–Crippen LogP) is 2.12. The number of nitrogens with zero attached hydrogens (tertiary/aromatic N) is 2. The third kappa shape index (κ3) is 3.17. The fraction of sp³-hybridized carbons (Fsp3) is 0.500. The summed E-state index contributed by atoms with van der Waals surface area (Å²) >= 11 is 5.04. The van der Waals surface area contributed by atoms with Gasteiger partial charge in [0, 0.05) is 19.3 Å². The van der Waals surface area contributed by atoms with Crippen molar-refractivity contribution in [2.45, 2.75) is 20.8 Å². The molecule has 1 aromatic heterocycles. The number of pyridine rings is 1. The quantitative estimate of drug-likeness (QED) is 0.815. The Morgan fingerprint density at radius 1 is 1.50 bits per heavy atom. The van der Waals surface area contributed by atoms with Crippen molar-refractivity contribution in [3.8, 4) is 0 Å². The van der Waals surface area contributed by atoms with Gasteiger partial charge in [-0.1, -0.05) is 26.1 Å². The second-order valence-corrected chi connectivity index (χ2v) is 4.90. The van der Waals surface area contributed by atoms with Crippen molar-refractivity contribution in [3.05, 3.63) is 23.4 Å². The minimum atomic E-state index is 0.401. The molecule has 2 N–H and O–H groups in total. The lowest BCUT2D eigenvalue weighted by atomic mass is 10.2. The standard InChI is InChI=1S/C12H19N3S/c1-8(2)7-15(4)12-10(11(13)16)6-5-9(3)14-12/h5-6,8H,7H2,1-4H3,(H2,13,16). The molecule has 16 heavy (non-hydrogen) atoms. The summed E-state index contributed by atoms with van der Waals surface area (Å²) in [6, 6.07) is 3.87. The Morgan fingerprint density at radius 2 is 2.12 bits per heavy atom. The minimum Gasteiger partial charge on any atom is -0.389 e.